The summed E-state index contributed by atoms with van der Waals surface area (Å²) in [5, 5.41) is 13.0. The van der Waals surface area contributed by atoms with E-state index in [1.54, 1.807) is 6.07 Å². The Hall–Kier alpha value is -2.08. The highest BCUT2D eigenvalue weighted by Crippen LogP contribution is 2.24. The fraction of sp³-hybridized carbons (Fsp3) is 0.167. The molecule has 2 rings (SSSR count). The van der Waals surface area contributed by atoms with Gasteiger partial charge in [0.05, 0.1) is 5.52 Å². The van der Waals surface area contributed by atoms with Gasteiger partial charge in [-0.05, 0) is 18.6 Å². The number of para-hydroxylation sites is 1. The molecule has 0 saturated heterocycles. The number of pyridine rings is 1. The molecule has 15 heavy (non-hydrogen) atoms. The number of anilines is 1. The number of aromatic nitrogens is 1. The minimum atomic E-state index is 0.446. The van der Waals surface area contributed by atoms with Crippen molar-refractivity contribution in [1.82, 2.24) is 4.98 Å². The standard InChI is InChI=1S/C12H11N3/c1-8-4-3-5-10-11(14-2)6-9(7-13)15-12(8)10/h3-6H,1-2H3,(H,14,15). The average molecular weight is 197 g/mol. The molecule has 2 aromatic rings. The average Bonchev–Trinajstić information content (AvgIpc) is 2.28. The third kappa shape index (κ3) is 1.50. The third-order valence-corrected chi connectivity index (χ3v) is 2.43. The molecule has 0 amide bonds. The molecular formula is C12H11N3. The zero-order valence-corrected chi connectivity index (χ0v) is 8.70. The van der Waals surface area contributed by atoms with Gasteiger partial charge in [0.15, 0.2) is 0 Å². The van der Waals surface area contributed by atoms with Crippen LogP contribution < -0.4 is 5.32 Å². The van der Waals surface area contributed by atoms with Gasteiger partial charge in [-0.2, -0.15) is 5.26 Å². The first-order valence-corrected chi connectivity index (χ1v) is 4.74. The van der Waals surface area contributed by atoms with Crippen molar-refractivity contribution in [2.24, 2.45) is 0 Å². The Morgan fingerprint density at radius 2 is 2.20 bits per heavy atom. The quantitative estimate of drug-likeness (QED) is 0.763. The van der Waals surface area contributed by atoms with Crippen LogP contribution in [0.5, 0.6) is 0 Å². The Bertz CT molecular complexity index is 553. The van der Waals surface area contributed by atoms with Gasteiger partial charge in [0.1, 0.15) is 11.8 Å². The lowest BCUT2D eigenvalue weighted by Crippen LogP contribution is -1.95. The molecule has 0 aliphatic heterocycles. The molecule has 3 nitrogen and oxygen atoms in total. The van der Waals surface area contributed by atoms with Gasteiger partial charge in [0.2, 0.25) is 0 Å². The number of rotatable bonds is 1. The van der Waals surface area contributed by atoms with Gasteiger partial charge in [0, 0.05) is 18.1 Å². The van der Waals surface area contributed by atoms with Gasteiger partial charge in [-0.15, -0.1) is 0 Å². The van der Waals surface area contributed by atoms with E-state index < -0.39 is 0 Å². The Morgan fingerprint density at radius 1 is 1.40 bits per heavy atom. The van der Waals surface area contributed by atoms with Crippen LogP contribution in [0.3, 0.4) is 0 Å². The number of hydrogen-bond acceptors (Lipinski definition) is 3. The second kappa shape index (κ2) is 3.58. The Balaban J connectivity index is 2.88. The predicted octanol–water partition coefficient (Wildman–Crippen LogP) is 2.46. The normalized spacial score (nSPS) is 9.93. The van der Waals surface area contributed by atoms with Gasteiger partial charge >= 0.3 is 0 Å². The molecule has 74 valence electrons. The first-order valence-electron chi connectivity index (χ1n) is 4.74. The van der Waals surface area contributed by atoms with E-state index in [9.17, 15) is 0 Å². The zero-order chi connectivity index (χ0) is 10.8. The monoisotopic (exact) mass is 197 g/mol. The number of aryl methyl sites for hydroxylation is 1. The molecule has 1 N–H and O–H groups in total. The number of benzene rings is 1. The summed E-state index contributed by atoms with van der Waals surface area (Å²) in [7, 11) is 1.85. The van der Waals surface area contributed by atoms with E-state index in [0.29, 0.717) is 5.69 Å². The fourth-order valence-corrected chi connectivity index (χ4v) is 1.66. The van der Waals surface area contributed by atoms with Crippen molar-refractivity contribution < 1.29 is 0 Å². The minimum absolute atomic E-state index is 0.446. The first kappa shape index (κ1) is 9.47. The van der Waals surface area contributed by atoms with Crippen LogP contribution in [-0.2, 0) is 0 Å². The molecule has 0 atom stereocenters. The summed E-state index contributed by atoms with van der Waals surface area (Å²) in [6.07, 6.45) is 0. The van der Waals surface area contributed by atoms with E-state index in [4.69, 9.17) is 5.26 Å². The second-order valence-corrected chi connectivity index (χ2v) is 3.39. The number of nitriles is 1. The molecular weight excluding hydrogens is 186 g/mol. The molecule has 0 unspecified atom stereocenters. The highest BCUT2D eigenvalue weighted by Gasteiger charge is 2.05. The highest BCUT2D eigenvalue weighted by atomic mass is 14.8. The summed E-state index contributed by atoms with van der Waals surface area (Å²) in [6, 6.07) is 9.83. The Morgan fingerprint density at radius 3 is 2.87 bits per heavy atom. The van der Waals surface area contributed by atoms with Crippen LogP contribution in [0.1, 0.15) is 11.3 Å². The van der Waals surface area contributed by atoms with Crippen molar-refractivity contribution in [1.29, 1.82) is 5.26 Å². The van der Waals surface area contributed by atoms with E-state index in [0.717, 1.165) is 22.2 Å². The summed E-state index contributed by atoms with van der Waals surface area (Å²) in [6.45, 7) is 2.00. The molecule has 0 spiro atoms. The maximum absolute atomic E-state index is 8.87. The van der Waals surface area contributed by atoms with E-state index in [1.165, 1.54) is 0 Å². The van der Waals surface area contributed by atoms with Gasteiger partial charge in [-0.1, -0.05) is 18.2 Å². The third-order valence-electron chi connectivity index (χ3n) is 2.43. The van der Waals surface area contributed by atoms with E-state index in [2.05, 4.69) is 16.4 Å². The van der Waals surface area contributed by atoms with Gasteiger partial charge in [-0.25, -0.2) is 4.98 Å². The highest BCUT2D eigenvalue weighted by molar-refractivity contribution is 5.93. The van der Waals surface area contributed by atoms with Crippen molar-refractivity contribution in [2.45, 2.75) is 6.92 Å². The largest absolute Gasteiger partial charge is 0.387 e. The Kier molecular flexibility index (Phi) is 2.26. The molecule has 0 bridgehead atoms. The van der Waals surface area contributed by atoms with Gasteiger partial charge in [0.25, 0.3) is 0 Å². The summed E-state index contributed by atoms with van der Waals surface area (Å²) < 4.78 is 0. The molecule has 0 fully saturated rings. The SMILES string of the molecule is CNc1cc(C#N)nc2c(C)cccc12. The van der Waals surface area contributed by atoms with Crippen LogP contribution >= 0.6 is 0 Å². The van der Waals surface area contributed by atoms with Crippen molar-refractivity contribution >= 4 is 16.6 Å². The lowest BCUT2D eigenvalue weighted by Gasteiger charge is -2.07. The maximum Gasteiger partial charge on any atom is 0.143 e. The summed E-state index contributed by atoms with van der Waals surface area (Å²) in [4.78, 5) is 4.30. The topological polar surface area (TPSA) is 48.7 Å². The molecule has 1 aromatic carbocycles. The van der Waals surface area contributed by atoms with E-state index >= 15 is 0 Å². The smallest absolute Gasteiger partial charge is 0.143 e. The molecule has 0 saturated carbocycles. The lowest BCUT2D eigenvalue weighted by molar-refractivity contribution is 1.30. The van der Waals surface area contributed by atoms with Crippen LogP contribution in [0.15, 0.2) is 24.3 Å². The number of nitrogens with one attached hydrogen (secondary N) is 1. The summed E-state index contributed by atoms with van der Waals surface area (Å²) >= 11 is 0. The lowest BCUT2D eigenvalue weighted by atomic mass is 10.1. The van der Waals surface area contributed by atoms with Crippen LogP contribution in [0, 0.1) is 18.3 Å². The van der Waals surface area contributed by atoms with Crippen molar-refractivity contribution in [3.8, 4) is 6.07 Å². The number of fused-ring (bicyclic) bond motifs is 1. The van der Waals surface area contributed by atoms with E-state index in [-0.39, 0.29) is 0 Å². The molecule has 1 aromatic heterocycles. The molecule has 0 aliphatic rings. The zero-order valence-electron chi connectivity index (χ0n) is 8.70. The molecule has 1 heterocycles. The Labute approximate surface area is 88.4 Å². The molecule has 3 heteroatoms. The van der Waals surface area contributed by atoms with E-state index in [1.807, 2.05) is 32.2 Å². The number of hydrogen-bond donors (Lipinski definition) is 1. The minimum Gasteiger partial charge on any atom is -0.387 e. The summed E-state index contributed by atoms with van der Waals surface area (Å²) in [5.74, 6) is 0. The van der Waals surface area contributed by atoms with Crippen LogP contribution in [0.25, 0.3) is 10.9 Å². The van der Waals surface area contributed by atoms with Gasteiger partial charge < -0.3 is 5.32 Å². The first-order chi connectivity index (χ1) is 7.26. The van der Waals surface area contributed by atoms with Gasteiger partial charge in [-0.3, -0.25) is 0 Å². The van der Waals surface area contributed by atoms with Crippen molar-refractivity contribution in [2.75, 3.05) is 12.4 Å². The molecule has 0 aliphatic carbocycles. The van der Waals surface area contributed by atoms with Crippen LogP contribution in [0.4, 0.5) is 5.69 Å². The summed E-state index contributed by atoms with van der Waals surface area (Å²) in [5.41, 5.74) is 3.36. The van der Waals surface area contributed by atoms with Crippen LogP contribution in [0.2, 0.25) is 0 Å². The molecule has 0 radical (unpaired) electrons. The predicted molar refractivity (Wildman–Crippen MR) is 60.7 cm³/mol. The number of nitrogens with zero attached hydrogens (tertiary/aromatic N) is 2. The second-order valence-electron chi connectivity index (χ2n) is 3.39. The fourth-order valence-electron chi connectivity index (χ4n) is 1.66. The van der Waals surface area contributed by atoms with Crippen molar-refractivity contribution in [3.63, 3.8) is 0 Å². The maximum atomic E-state index is 8.87. The van der Waals surface area contributed by atoms with Crippen LogP contribution in [-0.4, -0.2) is 12.0 Å². The van der Waals surface area contributed by atoms with Crippen molar-refractivity contribution in [3.05, 3.63) is 35.5 Å².